The van der Waals surface area contributed by atoms with Crippen molar-refractivity contribution in [3.8, 4) is 0 Å². The fraction of sp³-hybridized carbons (Fsp3) is 0.0714. The second kappa shape index (κ2) is 5.68. The molecule has 0 aliphatic heterocycles. The monoisotopic (exact) mass is 300 g/mol. The van der Waals surface area contributed by atoms with Crippen molar-refractivity contribution in [2.45, 2.75) is 6.42 Å². The third-order valence-corrected chi connectivity index (χ3v) is 3.47. The Balaban J connectivity index is 2.31. The molecular weight excluding hydrogens is 293 g/mol. The maximum absolute atomic E-state index is 13.5. The normalized spacial score (nSPS) is 10.5. The number of hydrogen-bond donors (Lipinski definition) is 0. The smallest absolute Gasteiger partial charge is 0.170 e. The van der Waals surface area contributed by atoms with E-state index in [9.17, 15) is 13.6 Å². The van der Waals surface area contributed by atoms with Crippen LogP contribution in [0, 0.1) is 11.6 Å². The van der Waals surface area contributed by atoms with Crippen LogP contribution in [0.3, 0.4) is 0 Å². The van der Waals surface area contributed by atoms with Gasteiger partial charge in [0, 0.05) is 6.42 Å². The van der Waals surface area contributed by atoms with Gasteiger partial charge >= 0.3 is 0 Å². The molecule has 0 fully saturated rings. The van der Waals surface area contributed by atoms with Crippen LogP contribution < -0.4 is 0 Å². The summed E-state index contributed by atoms with van der Waals surface area (Å²) in [6.07, 6.45) is -0.139. The van der Waals surface area contributed by atoms with E-state index in [1.807, 2.05) is 0 Å². The molecular formula is C14H8Cl2F2O. The topological polar surface area (TPSA) is 17.1 Å². The Morgan fingerprint density at radius 2 is 1.84 bits per heavy atom. The number of halogens is 4. The summed E-state index contributed by atoms with van der Waals surface area (Å²) in [6, 6.07) is 7.58. The summed E-state index contributed by atoms with van der Waals surface area (Å²) in [6.45, 7) is 0. The molecule has 0 N–H and O–H groups in total. The molecule has 5 heteroatoms. The van der Waals surface area contributed by atoms with E-state index >= 15 is 0 Å². The summed E-state index contributed by atoms with van der Waals surface area (Å²) in [5.41, 5.74) is 0.180. The minimum atomic E-state index is -0.760. The maximum atomic E-state index is 13.5. The molecule has 0 saturated heterocycles. The van der Waals surface area contributed by atoms with Crippen LogP contribution in [0.1, 0.15) is 15.9 Å². The lowest BCUT2D eigenvalue weighted by Gasteiger charge is -2.06. The first-order valence-electron chi connectivity index (χ1n) is 5.40. The molecule has 0 amide bonds. The Hall–Kier alpha value is -1.45. The van der Waals surface area contributed by atoms with Gasteiger partial charge in [0.05, 0.1) is 15.6 Å². The van der Waals surface area contributed by atoms with Crippen LogP contribution in [0.15, 0.2) is 36.4 Å². The quantitative estimate of drug-likeness (QED) is 0.751. The van der Waals surface area contributed by atoms with Crippen LogP contribution in [-0.2, 0) is 6.42 Å². The molecule has 19 heavy (non-hydrogen) atoms. The molecule has 0 aliphatic rings. The van der Waals surface area contributed by atoms with Crippen molar-refractivity contribution in [2.24, 2.45) is 0 Å². The highest BCUT2D eigenvalue weighted by molar-refractivity contribution is 6.42. The number of benzene rings is 2. The molecule has 0 aliphatic carbocycles. The van der Waals surface area contributed by atoms with Crippen LogP contribution in [-0.4, -0.2) is 5.78 Å². The van der Waals surface area contributed by atoms with Crippen molar-refractivity contribution in [1.29, 1.82) is 0 Å². The van der Waals surface area contributed by atoms with Gasteiger partial charge in [0.1, 0.15) is 11.6 Å². The molecule has 0 unspecified atom stereocenters. The van der Waals surface area contributed by atoms with E-state index in [1.54, 1.807) is 18.2 Å². The maximum Gasteiger partial charge on any atom is 0.170 e. The van der Waals surface area contributed by atoms with Crippen molar-refractivity contribution >= 4 is 29.0 Å². The molecule has 0 spiro atoms. The van der Waals surface area contributed by atoms with Crippen molar-refractivity contribution in [1.82, 2.24) is 0 Å². The summed E-state index contributed by atoms with van der Waals surface area (Å²) >= 11 is 11.8. The fourth-order valence-corrected chi connectivity index (χ4v) is 2.05. The van der Waals surface area contributed by atoms with E-state index in [-0.39, 0.29) is 17.0 Å². The number of ketones is 1. The molecule has 0 heterocycles. The van der Waals surface area contributed by atoms with Crippen molar-refractivity contribution in [2.75, 3.05) is 0 Å². The first kappa shape index (κ1) is 14.0. The molecule has 98 valence electrons. The number of hydrogen-bond acceptors (Lipinski definition) is 1. The highest BCUT2D eigenvalue weighted by Gasteiger charge is 2.15. The summed E-state index contributed by atoms with van der Waals surface area (Å²) in [4.78, 5) is 11.9. The van der Waals surface area contributed by atoms with E-state index in [2.05, 4.69) is 0 Å². The Bertz CT molecular complexity index is 641. The first-order chi connectivity index (χ1) is 8.99. The number of carbonyl (C=O) groups is 1. The lowest BCUT2D eigenvalue weighted by atomic mass is 10.0. The summed E-state index contributed by atoms with van der Waals surface area (Å²) in [5.74, 6) is -1.98. The molecule has 2 aromatic rings. The molecule has 2 rings (SSSR count). The van der Waals surface area contributed by atoms with Crippen LogP contribution >= 0.6 is 23.2 Å². The molecule has 1 nitrogen and oxygen atoms in total. The lowest BCUT2D eigenvalue weighted by Crippen LogP contribution is -2.07. The molecule has 0 atom stereocenters. The van der Waals surface area contributed by atoms with Gasteiger partial charge in [-0.25, -0.2) is 8.78 Å². The molecule has 0 bridgehead atoms. The highest BCUT2D eigenvalue weighted by atomic mass is 35.5. The molecule has 0 saturated carbocycles. The van der Waals surface area contributed by atoms with Gasteiger partial charge in [-0.3, -0.25) is 4.79 Å². The SMILES string of the molecule is O=C(Cc1cccc(Cl)c1Cl)c1cc(F)ccc1F. The second-order valence-electron chi connectivity index (χ2n) is 3.94. The first-order valence-corrected chi connectivity index (χ1v) is 6.16. The molecule has 0 aromatic heterocycles. The zero-order chi connectivity index (χ0) is 14.0. The van der Waals surface area contributed by atoms with Crippen molar-refractivity contribution < 1.29 is 13.6 Å². The van der Waals surface area contributed by atoms with Crippen molar-refractivity contribution in [3.63, 3.8) is 0 Å². The largest absolute Gasteiger partial charge is 0.294 e. The van der Waals surface area contributed by atoms with Gasteiger partial charge in [-0.15, -0.1) is 0 Å². The van der Waals surface area contributed by atoms with Crippen molar-refractivity contribution in [3.05, 3.63) is 69.2 Å². The van der Waals surface area contributed by atoms with E-state index in [0.29, 0.717) is 10.6 Å². The van der Waals surface area contributed by atoms with Gasteiger partial charge in [0.2, 0.25) is 0 Å². The fourth-order valence-electron chi connectivity index (χ4n) is 1.66. The van der Waals surface area contributed by atoms with Gasteiger partial charge in [-0.05, 0) is 29.8 Å². The van der Waals surface area contributed by atoms with Crippen LogP contribution in [0.5, 0.6) is 0 Å². The Morgan fingerprint density at radius 3 is 2.58 bits per heavy atom. The lowest BCUT2D eigenvalue weighted by molar-refractivity contribution is 0.0988. The third kappa shape index (κ3) is 3.11. The Labute approximate surface area is 118 Å². The molecule has 0 radical (unpaired) electrons. The second-order valence-corrected chi connectivity index (χ2v) is 4.72. The van der Waals surface area contributed by atoms with E-state index in [1.165, 1.54) is 0 Å². The Kier molecular flexibility index (Phi) is 4.17. The predicted molar refractivity (Wildman–Crippen MR) is 70.9 cm³/mol. The summed E-state index contributed by atoms with van der Waals surface area (Å²) in [7, 11) is 0. The predicted octanol–water partition coefficient (Wildman–Crippen LogP) is 4.70. The highest BCUT2D eigenvalue weighted by Crippen LogP contribution is 2.26. The minimum Gasteiger partial charge on any atom is -0.294 e. The van der Waals surface area contributed by atoms with Gasteiger partial charge in [0.25, 0.3) is 0 Å². The van der Waals surface area contributed by atoms with E-state index < -0.39 is 17.4 Å². The van der Waals surface area contributed by atoms with E-state index in [4.69, 9.17) is 23.2 Å². The van der Waals surface area contributed by atoms with E-state index in [0.717, 1.165) is 18.2 Å². The summed E-state index contributed by atoms with van der Waals surface area (Å²) in [5, 5.41) is 0.556. The van der Waals surface area contributed by atoms with Crippen LogP contribution in [0.2, 0.25) is 10.0 Å². The standard InChI is InChI=1S/C14H8Cl2F2O/c15-11-3-1-2-8(14(11)16)6-13(19)10-7-9(17)4-5-12(10)18/h1-5,7H,6H2. The molecule has 2 aromatic carbocycles. The average Bonchev–Trinajstić information content (AvgIpc) is 2.38. The zero-order valence-electron chi connectivity index (χ0n) is 9.59. The number of carbonyl (C=O) groups excluding carboxylic acids is 1. The van der Waals surface area contributed by atoms with Gasteiger partial charge in [-0.2, -0.15) is 0 Å². The minimum absolute atomic E-state index is 0.139. The third-order valence-electron chi connectivity index (χ3n) is 2.61. The zero-order valence-corrected chi connectivity index (χ0v) is 11.1. The van der Waals surface area contributed by atoms with Gasteiger partial charge in [0.15, 0.2) is 5.78 Å². The number of rotatable bonds is 3. The number of Topliss-reactive ketones (excluding diaryl/α,β-unsaturated/α-hetero) is 1. The Morgan fingerprint density at radius 1 is 1.11 bits per heavy atom. The van der Waals surface area contributed by atoms with Gasteiger partial charge in [-0.1, -0.05) is 35.3 Å². The van der Waals surface area contributed by atoms with Crippen LogP contribution in [0.4, 0.5) is 8.78 Å². The average molecular weight is 301 g/mol. The summed E-state index contributed by atoms with van der Waals surface area (Å²) < 4.78 is 26.5. The van der Waals surface area contributed by atoms with Crippen LogP contribution in [0.25, 0.3) is 0 Å². The van der Waals surface area contributed by atoms with Gasteiger partial charge < -0.3 is 0 Å².